The van der Waals surface area contributed by atoms with Crippen molar-refractivity contribution in [3.8, 4) is 0 Å². The van der Waals surface area contributed by atoms with Crippen LogP contribution in [0.1, 0.15) is 11.1 Å². The molecule has 0 atom stereocenters. The summed E-state index contributed by atoms with van der Waals surface area (Å²) in [5, 5.41) is 3.81. The number of nitrogens with zero attached hydrogens (tertiary/aromatic N) is 2. The number of halogens is 5. The van der Waals surface area contributed by atoms with Gasteiger partial charge in [0, 0.05) is 35.6 Å². The van der Waals surface area contributed by atoms with Gasteiger partial charge in [-0.3, -0.25) is 4.79 Å². The van der Waals surface area contributed by atoms with Crippen molar-refractivity contribution in [2.45, 2.75) is 12.6 Å². The van der Waals surface area contributed by atoms with Crippen molar-refractivity contribution < 1.29 is 18.0 Å². The summed E-state index contributed by atoms with van der Waals surface area (Å²) in [6.45, 7) is 0. The fraction of sp³-hybridized carbons (Fsp3) is 0.111. The zero-order valence-corrected chi connectivity index (χ0v) is 15.0. The van der Waals surface area contributed by atoms with Gasteiger partial charge >= 0.3 is 6.18 Å². The van der Waals surface area contributed by atoms with Gasteiger partial charge in [0.1, 0.15) is 0 Å². The molecule has 0 spiro atoms. The molecule has 0 radical (unpaired) electrons. The highest BCUT2D eigenvalue weighted by Crippen LogP contribution is 2.41. The maximum Gasteiger partial charge on any atom is 0.417 e. The molecule has 0 saturated heterocycles. The third-order valence-corrected chi connectivity index (χ3v) is 4.79. The van der Waals surface area contributed by atoms with E-state index in [9.17, 15) is 18.0 Å². The first-order valence-corrected chi connectivity index (χ1v) is 8.52. The molecule has 2 heterocycles. The van der Waals surface area contributed by atoms with Crippen molar-refractivity contribution >= 4 is 51.6 Å². The van der Waals surface area contributed by atoms with Crippen LogP contribution in [0.25, 0.3) is 11.1 Å². The Bertz CT molecular complexity index is 1120. The van der Waals surface area contributed by atoms with E-state index in [1.807, 2.05) is 0 Å². The highest BCUT2D eigenvalue weighted by molar-refractivity contribution is 6.35. The van der Waals surface area contributed by atoms with Gasteiger partial charge < -0.3 is 9.72 Å². The topological polar surface area (TPSA) is 46.4 Å². The lowest BCUT2D eigenvalue weighted by atomic mass is 9.92. The Morgan fingerprint density at radius 3 is 2.74 bits per heavy atom. The number of benzene rings is 1. The van der Waals surface area contributed by atoms with Gasteiger partial charge in [-0.25, -0.2) is 4.98 Å². The molecule has 0 fully saturated rings. The Morgan fingerprint density at radius 2 is 2.00 bits per heavy atom. The van der Waals surface area contributed by atoms with E-state index >= 15 is 0 Å². The fourth-order valence-corrected chi connectivity index (χ4v) is 3.45. The minimum Gasteiger partial charge on any atom is -0.337 e. The van der Waals surface area contributed by atoms with Gasteiger partial charge in [-0.1, -0.05) is 23.2 Å². The fourth-order valence-electron chi connectivity index (χ4n) is 3.11. The molecular weight excluding hydrogens is 402 g/mol. The van der Waals surface area contributed by atoms with Crippen molar-refractivity contribution in [1.29, 1.82) is 0 Å². The molecule has 1 aromatic carbocycles. The second-order valence-electron chi connectivity index (χ2n) is 6.00. The number of rotatable bonds is 2. The Kier molecular flexibility index (Phi) is 4.16. The van der Waals surface area contributed by atoms with Crippen LogP contribution in [-0.2, 0) is 11.2 Å². The predicted octanol–water partition coefficient (Wildman–Crippen LogP) is 5.46. The summed E-state index contributed by atoms with van der Waals surface area (Å²) >= 11 is 12.1. The molecule has 9 heteroatoms. The average Bonchev–Trinajstić information content (AvgIpc) is 2.96. The first kappa shape index (κ1) is 17.9. The third-order valence-electron chi connectivity index (χ3n) is 4.23. The second kappa shape index (κ2) is 6.28. The molecule has 1 aliphatic rings. The van der Waals surface area contributed by atoms with E-state index in [0.29, 0.717) is 27.3 Å². The SMILES string of the molecule is O=C1C=C(C(F)(F)F)c2cn3ccnc(Nc4cc(Cl)ccc4Cl)c3c2C1. The number of anilines is 2. The number of fused-ring (bicyclic) bond motifs is 3. The maximum absolute atomic E-state index is 13.4. The standard InChI is InChI=1S/C18H10Cl2F3N3O/c19-9-1-2-14(20)15(5-9)25-17-16-11-6-10(27)7-13(18(21,22)23)12(11)8-26(16)4-3-24-17/h1-5,7-8H,6H2,(H,24,25). The van der Waals surface area contributed by atoms with Crippen molar-refractivity contribution in [3.05, 3.63) is 64.0 Å². The molecule has 27 heavy (non-hydrogen) atoms. The van der Waals surface area contributed by atoms with Gasteiger partial charge in [0.25, 0.3) is 0 Å². The van der Waals surface area contributed by atoms with Gasteiger partial charge in [-0.05, 0) is 29.8 Å². The molecule has 2 aromatic heterocycles. The molecule has 0 amide bonds. The van der Waals surface area contributed by atoms with Crippen molar-refractivity contribution in [3.63, 3.8) is 0 Å². The molecule has 0 aliphatic heterocycles. The van der Waals surface area contributed by atoms with Gasteiger partial charge in [0.2, 0.25) is 0 Å². The number of hydrogen-bond acceptors (Lipinski definition) is 3. The highest BCUT2D eigenvalue weighted by atomic mass is 35.5. The molecule has 4 nitrogen and oxygen atoms in total. The molecule has 3 aromatic rings. The summed E-state index contributed by atoms with van der Waals surface area (Å²) in [5.41, 5.74) is 0.114. The molecule has 4 rings (SSSR count). The number of carbonyl (C=O) groups is 1. The van der Waals surface area contributed by atoms with Crippen LogP contribution < -0.4 is 5.32 Å². The Balaban J connectivity index is 1.90. The van der Waals surface area contributed by atoms with Crippen LogP contribution in [0.15, 0.2) is 42.9 Å². The predicted molar refractivity (Wildman–Crippen MR) is 97.7 cm³/mol. The van der Waals surface area contributed by atoms with Gasteiger partial charge in [0.05, 0.1) is 21.8 Å². The molecule has 0 bridgehead atoms. The molecule has 1 aliphatic carbocycles. The minimum atomic E-state index is -4.63. The Labute approximate surface area is 161 Å². The van der Waals surface area contributed by atoms with E-state index in [-0.39, 0.29) is 23.4 Å². The Hall–Kier alpha value is -2.51. The maximum atomic E-state index is 13.4. The first-order valence-electron chi connectivity index (χ1n) is 7.77. The van der Waals surface area contributed by atoms with E-state index < -0.39 is 17.5 Å². The monoisotopic (exact) mass is 411 g/mol. The Morgan fingerprint density at radius 1 is 1.22 bits per heavy atom. The van der Waals surface area contributed by atoms with E-state index in [2.05, 4.69) is 10.3 Å². The summed E-state index contributed by atoms with van der Waals surface area (Å²) in [4.78, 5) is 16.1. The van der Waals surface area contributed by atoms with Crippen LogP contribution in [0.5, 0.6) is 0 Å². The molecule has 0 saturated carbocycles. The summed E-state index contributed by atoms with van der Waals surface area (Å²) in [5.74, 6) is -0.336. The zero-order chi connectivity index (χ0) is 19.3. The number of allylic oxidation sites excluding steroid dienone is 2. The lowest BCUT2D eigenvalue weighted by Gasteiger charge is -2.16. The van der Waals surface area contributed by atoms with Crippen LogP contribution in [0, 0.1) is 0 Å². The number of carbonyl (C=O) groups excluding carboxylic acids is 1. The third kappa shape index (κ3) is 3.17. The van der Waals surface area contributed by atoms with E-state index in [0.717, 1.165) is 0 Å². The van der Waals surface area contributed by atoms with Gasteiger partial charge in [-0.15, -0.1) is 0 Å². The van der Waals surface area contributed by atoms with E-state index in [4.69, 9.17) is 23.2 Å². The van der Waals surface area contributed by atoms with Crippen molar-refractivity contribution in [2.24, 2.45) is 0 Å². The molecule has 138 valence electrons. The van der Waals surface area contributed by atoms with Crippen LogP contribution >= 0.6 is 23.2 Å². The van der Waals surface area contributed by atoms with Crippen LogP contribution in [-0.4, -0.2) is 21.3 Å². The lowest BCUT2D eigenvalue weighted by Crippen LogP contribution is -2.18. The lowest BCUT2D eigenvalue weighted by molar-refractivity contribution is -0.114. The normalized spacial score (nSPS) is 14.3. The summed E-state index contributed by atoms with van der Waals surface area (Å²) in [6.07, 6.45) is 0.191. The number of ketones is 1. The van der Waals surface area contributed by atoms with E-state index in [1.165, 1.54) is 23.0 Å². The van der Waals surface area contributed by atoms with Crippen LogP contribution in [0.2, 0.25) is 10.0 Å². The smallest absolute Gasteiger partial charge is 0.337 e. The van der Waals surface area contributed by atoms with Crippen molar-refractivity contribution in [1.82, 2.24) is 9.38 Å². The largest absolute Gasteiger partial charge is 0.417 e. The average molecular weight is 412 g/mol. The van der Waals surface area contributed by atoms with Crippen molar-refractivity contribution in [2.75, 3.05) is 5.32 Å². The summed E-state index contributed by atoms with van der Waals surface area (Å²) < 4.78 is 41.6. The summed E-state index contributed by atoms with van der Waals surface area (Å²) in [7, 11) is 0. The minimum absolute atomic E-state index is 0.0321. The first-order chi connectivity index (χ1) is 12.7. The number of aromatic nitrogens is 2. The van der Waals surface area contributed by atoms with Crippen LogP contribution in [0.4, 0.5) is 24.7 Å². The highest BCUT2D eigenvalue weighted by Gasteiger charge is 2.40. The van der Waals surface area contributed by atoms with Gasteiger partial charge in [-0.2, -0.15) is 13.2 Å². The molecule has 1 N–H and O–H groups in total. The number of alkyl halides is 3. The second-order valence-corrected chi connectivity index (χ2v) is 6.84. The number of nitrogens with one attached hydrogen (secondary N) is 1. The van der Waals surface area contributed by atoms with E-state index in [1.54, 1.807) is 18.2 Å². The molecular formula is C18H10Cl2F3N3O. The molecule has 0 unspecified atom stereocenters. The van der Waals surface area contributed by atoms with Crippen LogP contribution in [0.3, 0.4) is 0 Å². The summed E-state index contributed by atoms with van der Waals surface area (Å²) in [6, 6.07) is 4.78. The quantitative estimate of drug-likeness (QED) is 0.609. The zero-order valence-electron chi connectivity index (χ0n) is 13.4. The van der Waals surface area contributed by atoms with Gasteiger partial charge in [0.15, 0.2) is 11.6 Å². The number of hydrogen-bond donors (Lipinski definition) is 1.